The van der Waals surface area contributed by atoms with Crippen LogP contribution in [0.15, 0.2) is 12.1 Å². The van der Waals surface area contributed by atoms with Crippen molar-refractivity contribution >= 4 is 34.8 Å². The SMILES string of the molecule is CCC1NC(=O)C(C(C)(C)C)N(Cc2ccc(Cl)s2)C1=O. The van der Waals surface area contributed by atoms with Crippen LogP contribution in [-0.2, 0) is 16.1 Å². The summed E-state index contributed by atoms with van der Waals surface area (Å²) >= 11 is 7.41. The van der Waals surface area contributed by atoms with E-state index in [1.807, 2.05) is 39.8 Å². The summed E-state index contributed by atoms with van der Waals surface area (Å²) in [6.07, 6.45) is 0.600. The highest BCUT2D eigenvalue weighted by Crippen LogP contribution is 2.31. The van der Waals surface area contributed by atoms with E-state index >= 15 is 0 Å². The fourth-order valence-electron chi connectivity index (χ4n) is 2.69. The van der Waals surface area contributed by atoms with Gasteiger partial charge >= 0.3 is 0 Å². The molecule has 0 saturated carbocycles. The molecule has 1 aliphatic heterocycles. The Balaban J connectivity index is 2.33. The monoisotopic (exact) mass is 328 g/mol. The Morgan fingerprint density at radius 3 is 2.48 bits per heavy atom. The van der Waals surface area contributed by atoms with Gasteiger partial charge < -0.3 is 10.2 Å². The van der Waals surface area contributed by atoms with E-state index in [9.17, 15) is 9.59 Å². The van der Waals surface area contributed by atoms with Crippen molar-refractivity contribution in [2.45, 2.75) is 52.7 Å². The largest absolute Gasteiger partial charge is 0.342 e. The van der Waals surface area contributed by atoms with E-state index < -0.39 is 12.1 Å². The molecule has 1 aliphatic rings. The van der Waals surface area contributed by atoms with Gasteiger partial charge in [0.25, 0.3) is 0 Å². The second kappa shape index (κ2) is 5.97. The zero-order valence-electron chi connectivity index (χ0n) is 12.8. The van der Waals surface area contributed by atoms with Gasteiger partial charge in [-0.15, -0.1) is 11.3 Å². The van der Waals surface area contributed by atoms with Crippen molar-refractivity contribution in [1.82, 2.24) is 10.2 Å². The Labute approximate surface area is 134 Å². The van der Waals surface area contributed by atoms with E-state index in [0.717, 1.165) is 4.88 Å². The molecule has 2 unspecified atom stereocenters. The summed E-state index contributed by atoms with van der Waals surface area (Å²) in [5, 5.41) is 2.84. The molecule has 1 aromatic rings. The van der Waals surface area contributed by atoms with Gasteiger partial charge in [0.2, 0.25) is 11.8 Å². The molecule has 0 aliphatic carbocycles. The van der Waals surface area contributed by atoms with Crippen molar-refractivity contribution in [1.29, 1.82) is 0 Å². The Kier molecular flexibility index (Phi) is 4.63. The Bertz CT molecular complexity index is 550. The number of carbonyl (C=O) groups excluding carboxylic acids is 2. The first-order chi connectivity index (χ1) is 9.74. The fraction of sp³-hybridized carbons (Fsp3) is 0.600. The highest BCUT2D eigenvalue weighted by Gasteiger charge is 2.45. The molecule has 2 rings (SSSR count). The summed E-state index contributed by atoms with van der Waals surface area (Å²) < 4.78 is 0.693. The average Bonchev–Trinajstić information content (AvgIpc) is 2.77. The number of rotatable bonds is 3. The van der Waals surface area contributed by atoms with Gasteiger partial charge in [-0.3, -0.25) is 9.59 Å². The number of amides is 2. The third-order valence-electron chi connectivity index (χ3n) is 3.64. The van der Waals surface area contributed by atoms with Crippen LogP contribution in [0.2, 0.25) is 4.34 Å². The van der Waals surface area contributed by atoms with E-state index in [4.69, 9.17) is 11.6 Å². The first kappa shape index (κ1) is 16.3. The quantitative estimate of drug-likeness (QED) is 0.927. The molecule has 116 valence electrons. The molecule has 0 bridgehead atoms. The van der Waals surface area contributed by atoms with Crippen LogP contribution in [0.4, 0.5) is 0 Å². The lowest BCUT2D eigenvalue weighted by Crippen LogP contribution is -2.66. The molecule has 1 fully saturated rings. The van der Waals surface area contributed by atoms with Gasteiger partial charge in [0.1, 0.15) is 12.1 Å². The first-order valence-corrected chi connectivity index (χ1v) is 8.28. The summed E-state index contributed by atoms with van der Waals surface area (Å²) in [7, 11) is 0. The molecule has 1 N–H and O–H groups in total. The number of thiophene rings is 1. The van der Waals surface area contributed by atoms with E-state index in [0.29, 0.717) is 17.3 Å². The van der Waals surface area contributed by atoms with Gasteiger partial charge in [0, 0.05) is 4.88 Å². The third kappa shape index (κ3) is 3.40. The van der Waals surface area contributed by atoms with Gasteiger partial charge in [-0.1, -0.05) is 39.3 Å². The third-order valence-corrected chi connectivity index (χ3v) is 4.86. The van der Waals surface area contributed by atoms with Crippen molar-refractivity contribution < 1.29 is 9.59 Å². The van der Waals surface area contributed by atoms with Gasteiger partial charge in [-0.25, -0.2) is 0 Å². The second-order valence-electron chi connectivity index (χ2n) is 6.41. The van der Waals surface area contributed by atoms with Crippen LogP contribution in [0.25, 0.3) is 0 Å². The topological polar surface area (TPSA) is 49.4 Å². The molecule has 6 heteroatoms. The second-order valence-corrected chi connectivity index (χ2v) is 8.21. The predicted octanol–water partition coefficient (Wildman–Crippen LogP) is 3.05. The lowest BCUT2D eigenvalue weighted by Gasteiger charge is -2.44. The van der Waals surface area contributed by atoms with Gasteiger partial charge in [-0.05, 0) is 24.0 Å². The van der Waals surface area contributed by atoms with E-state index in [1.54, 1.807) is 4.90 Å². The molecule has 2 amide bonds. The molecule has 0 aromatic carbocycles. The maximum absolute atomic E-state index is 12.7. The van der Waals surface area contributed by atoms with Gasteiger partial charge in [0.05, 0.1) is 10.9 Å². The van der Waals surface area contributed by atoms with Crippen LogP contribution in [0.3, 0.4) is 0 Å². The van der Waals surface area contributed by atoms with Crippen LogP contribution >= 0.6 is 22.9 Å². The molecular weight excluding hydrogens is 308 g/mol. The maximum atomic E-state index is 12.7. The molecule has 0 radical (unpaired) electrons. The van der Waals surface area contributed by atoms with Crippen LogP contribution in [0.5, 0.6) is 0 Å². The number of hydrogen-bond acceptors (Lipinski definition) is 3. The standard InChI is InChI=1S/C15H21ClN2O2S/c1-5-10-14(20)18(8-9-6-7-11(16)21-9)12(13(19)17-10)15(2,3)4/h6-7,10,12H,5,8H2,1-4H3,(H,17,19). The van der Waals surface area contributed by atoms with Gasteiger partial charge in [0.15, 0.2) is 0 Å². The summed E-state index contributed by atoms with van der Waals surface area (Å²) in [5.41, 5.74) is -0.320. The van der Waals surface area contributed by atoms with Crippen LogP contribution in [0, 0.1) is 5.41 Å². The van der Waals surface area contributed by atoms with E-state index in [-0.39, 0.29) is 17.2 Å². The number of hydrogen-bond donors (Lipinski definition) is 1. The summed E-state index contributed by atoms with van der Waals surface area (Å²) in [6, 6.07) is 2.84. The Morgan fingerprint density at radius 1 is 1.33 bits per heavy atom. The number of carbonyl (C=O) groups is 2. The molecule has 21 heavy (non-hydrogen) atoms. The fourth-order valence-corrected chi connectivity index (χ4v) is 3.78. The Hall–Kier alpha value is -1.07. The van der Waals surface area contributed by atoms with Crippen molar-refractivity contribution in [2.75, 3.05) is 0 Å². The minimum atomic E-state index is -0.464. The zero-order valence-corrected chi connectivity index (χ0v) is 14.3. The van der Waals surface area contributed by atoms with Crippen LogP contribution in [-0.4, -0.2) is 28.8 Å². The summed E-state index contributed by atoms with van der Waals surface area (Å²) in [4.78, 5) is 27.8. The van der Waals surface area contributed by atoms with Crippen molar-refractivity contribution in [3.8, 4) is 0 Å². The maximum Gasteiger partial charge on any atom is 0.246 e. The molecular formula is C15H21ClN2O2S. The molecule has 4 nitrogen and oxygen atoms in total. The van der Waals surface area contributed by atoms with Crippen LogP contribution < -0.4 is 5.32 Å². The molecule has 2 heterocycles. The lowest BCUT2D eigenvalue weighted by molar-refractivity contribution is -0.154. The van der Waals surface area contributed by atoms with Crippen LogP contribution in [0.1, 0.15) is 39.0 Å². The smallest absolute Gasteiger partial charge is 0.246 e. The minimum Gasteiger partial charge on any atom is -0.342 e. The van der Waals surface area contributed by atoms with Crippen molar-refractivity contribution in [2.24, 2.45) is 5.41 Å². The lowest BCUT2D eigenvalue weighted by atomic mass is 9.83. The van der Waals surface area contributed by atoms with E-state index in [1.165, 1.54) is 11.3 Å². The first-order valence-electron chi connectivity index (χ1n) is 7.09. The summed E-state index contributed by atoms with van der Waals surface area (Å²) in [5.74, 6) is -0.0850. The number of nitrogens with zero attached hydrogens (tertiary/aromatic N) is 1. The minimum absolute atomic E-state index is 0.0125. The average molecular weight is 329 g/mol. The zero-order chi connectivity index (χ0) is 15.8. The summed E-state index contributed by atoms with van der Waals surface area (Å²) in [6.45, 7) is 8.27. The molecule has 1 saturated heterocycles. The highest BCUT2D eigenvalue weighted by atomic mass is 35.5. The van der Waals surface area contributed by atoms with Gasteiger partial charge in [-0.2, -0.15) is 0 Å². The number of piperazine rings is 1. The van der Waals surface area contributed by atoms with Crippen molar-refractivity contribution in [3.05, 3.63) is 21.3 Å². The molecule has 2 atom stereocenters. The molecule has 1 aromatic heterocycles. The van der Waals surface area contributed by atoms with Crippen molar-refractivity contribution in [3.63, 3.8) is 0 Å². The molecule has 0 spiro atoms. The Morgan fingerprint density at radius 2 is 2.00 bits per heavy atom. The highest BCUT2D eigenvalue weighted by molar-refractivity contribution is 7.16. The predicted molar refractivity (Wildman–Crippen MR) is 85.3 cm³/mol. The number of nitrogens with one attached hydrogen (secondary N) is 1. The van der Waals surface area contributed by atoms with E-state index in [2.05, 4.69) is 5.32 Å². The normalized spacial score (nSPS) is 23.4. The number of halogens is 1.